The summed E-state index contributed by atoms with van der Waals surface area (Å²) in [6.45, 7) is 1.17. The average Bonchev–Trinajstić information content (AvgIpc) is 2.97. The highest BCUT2D eigenvalue weighted by atomic mass is 79.9. The normalized spacial score (nSPS) is 14.8. The summed E-state index contributed by atoms with van der Waals surface area (Å²) >= 11 is 5.30. The van der Waals surface area contributed by atoms with E-state index in [1.54, 1.807) is 18.4 Å². The van der Waals surface area contributed by atoms with E-state index in [1.165, 1.54) is 0 Å². The molecule has 21 heavy (non-hydrogen) atoms. The van der Waals surface area contributed by atoms with Gasteiger partial charge in [0, 0.05) is 4.47 Å². The molecule has 2 heterocycles. The number of methoxy groups -OCH3 is 1. The standard InChI is InChI=1S/C15H16BrNO3S/c1-17-14(15-11(18-2)3-6-21-15)9-7-12-13(8-10(9)16)20-5-4-19-12/h3,6-8,14,17H,4-5H2,1-2H3. The lowest BCUT2D eigenvalue weighted by Gasteiger charge is -2.23. The van der Waals surface area contributed by atoms with Crippen LogP contribution in [0.25, 0.3) is 0 Å². The maximum Gasteiger partial charge on any atom is 0.162 e. The maximum atomic E-state index is 5.69. The number of benzene rings is 1. The van der Waals surface area contributed by atoms with Crippen LogP contribution in [0.15, 0.2) is 28.1 Å². The molecule has 1 unspecified atom stereocenters. The van der Waals surface area contributed by atoms with E-state index in [0.29, 0.717) is 13.2 Å². The van der Waals surface area contributed by atoms with E-state index in [1.807, 2.05) is 30.6 Å². The summed E-state index contributed by atoms with van der Waals surface area (Å²) in [6.07, 6.45) is 0. The summed E-state index contributed by atoms with van der Waals surface area (Å²) in [6, 6.07) is 6.01. The van der Waals surface area contributed by atoms with Crippen LogP contribution in [-0.4, -0.2) is 27.4 Å². The predicted molar refractivity (Wildman–Crippen MR) is 86.9 cm³/mol. The fourth-order valence-electron chi connectivity index (χ4n) is 2.42. The van der Waals surface area contributed by atoms with Gasteiger partial charge >= 0.3 is 0 Å². The number of thiophene rings is 1. The van der Waals surface area contributed by atoms with E-state index in [2.05, 4.69) is 21.2 Å². The highest BCUT2D eigenvalue weighted by Crippen LogP contribution is 2.42. The van der Waals surface area contributed by atoms with Crippen molar-refractivity contribution in [3.63, 3.8) is 0 Å². The monoisotopic (exact) mass is 369 g/mol. The molecule has 6 heteroatoms. The van der Waals surface area contributed by atoms with Gasteiger partial charge in [-0.25, -0.2) is 0 Å². The Bertz CT molecular complexity index is 644. The largest absolute Gasteiger partial charge is 0.496 e. The molecule has 1 N–H and O–H groups in total. The average molecular weight is 370 g/mol. The van der Waals surface area contributed by atoms with Crippen molar-refractivity contribution in [2.45, 2.75) is 6.04 Å². The zero-order valence-corrected chi connectivity index (χ0v) is 14.2. The lowest BCUT2D eigenvalue weighted by atomic mass is 10.0. The van der Waals surface area contributed by atoms with E-state index >= 15 is 0 Å². The topological polar surface area (TPSA) is 39.7 Å². The SMILES string of the molecule is CNC(c1cc2c(cc1Br)OCCO2)c1sccc1OC. The Hall–Kier alpha value is -1.24. The third-order valence-corrected chi connectivity index (χ3v) is 5.05. The second-order valence-electron chi connectivity index (χ2n) is 4.59. The zero-order valence-electron chi connectivity index (χ0n) is 11.8. The van der Waals surface area contributed by atoms with Crippen molar-refractivity contribution in [3.8, 4) is 17.2 Å². The summed E-state index contributed by atoms with van der Waals surface area (Å²) in [5.74, 6) is 2.46. The van der Waals surface area contributed by atoms with Gasteiger partial charge in [-0.05, 0) is 36.2 Å². The van der Waals surface area contributed by atoms with Crippen molar-refractivity contribution >= 4 is 27.3 Å². The molecule has 1 atom stereocenters. The van der Waals surface area contributed by atoms with Crippen LogP contribution in [0.1, 0.15) is 16.5 Å². The van der Waals surface area contributed by atoms with Gasteiger partial charge in [-0.3, -0.25) is 0 Å². The minimum Gasteiger partial charge on any atom is -0.496 e. The van der Waals surface area contributed by atoms with Crippen molar-refractivity contribution in [1.29, 1.82) is 0 Å². The van der Waals surface area contributed by atoms with Gasteiger partial charge in [0.1, 0.15) is 19.0 Å². The number of halogens is 1. The summed E-state index contributed by atoms with van der Waals surface area (Å²) in [7, 11) is 3.63. The molecule has 1 aliphatic heterocycles. The Morgan fingerprint density at radius 3 is 2.67 bits per heavy atom. The summed E-state index contributed by atoms with van der Waals surface area (Å²) in [5, 5.41) is 5.38. The van der Waals surface area contributed by atoms with Crippen LogP contribution in [0.4, 0.5) is 0 Å². The van der Waals surface area contributed by atoms with Crippen LogP contribution in [0.5, 0.6) is 17.2 Å². The highest BCUT2D eigenvalue weighted by molar-refractivity contribution is 9.10. The molecule has 3 rings (SSSR count). The Balaban J connectivity index is 2.05. The molecule has 112 valence electrons. The summed E-state index contributed by atoms with van der Waals surface area (Å²) < 4.78 is 17.7. The predicted octanol–water partition coefficient (Wildman–Crippen LogP) is 3.60. The molecule has 0 bridgehead atoms. The number of rotatable bonds is 4. The quantitative estimate of drug-likeness (QED) is 0.893. The van der Waals surface area contributed by atoms with E-state index < -0.39 is 0 Å². The van der Waals surface area contributed by atoms with E-state index in [-0.39, 0.29) is 6.04 Å². The van der Waals surface area contributed by atoms with Gasteiger partial charge in [-0.1, -0.05) is 15.9 Å². The first-order chi connectivity index (χ1) is 10.2. The molecule has 1 aliphatic rings. The van der Waals surface area contributed by atoms with E-state index in [9.17, 15) is 0 Å². The molecule has 0 amide bonds. The fourth-order valence-corrected chi connectivity index (χ4v) is 3.95. The lowest BCUT2D eigenvalue weighted by molar-refractivity contribution is 0.171. The maximum absolute atomic E-state index is 5.69. The highest BCUT2D eigenvalue weighted by Gasteiger charge is 2.23. The van der Waals surface area contributed by atoms with Gasteiger partial charge in [0.15, 0.2) is 11.5 Å². The molecular formula is C15H16BrNO3S. The first kappa shape index (κ1) is 14.7. The number of ether oxygens (including phenoxy) is 3. The van der Waals surface area contributed by atoms with Gasteiger partial charge in [0.05, 0.1) is 18.0 Å². The Morgan fingerprint density at radius 2 is 2.00 bits per heavy atom. The number of fused-ring (bicyclic) bond motifs is 1. The van der Waals surface area contributed by atoms with Gasteiger partial charge in [0.25, 0.3) is 0 Å². The van der Waals surface area contributed by atoms with E-state index in [0.717, 1.165) is 32.2 Å². The van der Waals surface area contributed by atoms with Gasteiger partial charge < -0.3 is 19.5 Å². The lowest BCUT2D eigenvalue weighted by Crippen LogP contribution is -2.20. The molecule has 1 aromatic carbocycles. The Labute approximate surface area is 136 Å². The summed E-state index contributed by atoms with van der Waals surface area (Å²) in [5.41, 5.74) is 1.10. The molecular weight excluding hydrogens is 354 g/mol. The van der Waals surface area contributed by atoms with Crippen LogP contribution in [0.2, 0.25) is 0 Å². The minimum atomic E-state index is 0.0325. The van der Waals surface area contributed by atoms with Crippen LogP contribution in [0, 0.1) is 0 Å². The number of hydrogen-bond donors (Lipinski definition) is 1. The van der Waals surface area contributed by atoms with Gasteiger partial charge in [0.2, 0.25) is 0 Å². The van der Waals surface area contributed by atoms with Crippen molar-refractivity contribution < 1.29 is 14.2 Å². The van der Waals surface area contributed by atoms with Crippen LogP contribution in [0.3, 0.4) is 0 Å². The minimum absolute atomic E-state index is 0.0325. The molecule has 0 fully saturated rings. The van der Waals surface area contributed by atoms with Crippen molar-refractivity contribution in [2.75, 3.05) is 27.4 Å². The smallest absolute Gasteiger partial charge is 0.162 e. The second-order valence-corrected chi connectivity index (χ2v) is 6.39. The molecule has 0 radical (unpaired) electrons. The second kappa shape index (κ2) is 6.25. The first-order valence-corrected chi connectivity index (χ1v) is 8.29. The van der Waals surface area contributed by atoms with Gasteiger partial charge in [-0.2, -0.15) is 0 Å². The summed E-state index contributed by atoms with van der Waals surface area (Å²) in [4.78, 5) is 1.14. The van der Waals surface area contributed by atoms with Crippen molar-refractivity contribution in [2.24, 2.45) is 0 Å². The van der Waals surface area contributed by atoms with E-state index in [4.69, 9.17) is 14.2 Å². The van der Waals surface area contributed by atoms with Gasteiger partial charge in [-0.15, -0.1) is 11.3 Å². The van der Waals surface area contributed by atoms with Crippen LogP contribution < -0.4 is 19.5 Å². The molecule has 2 aromatic rings. The number of nitrogens with one attached hydrogen (secondary N) is 1. The van der Waals surface area contributed by atoms with Crippen molar-refractivity contribution in [1.82, 2.24) is 5.32 Å². The first-order valence-electron chi connectivity index (χ1n) is 6.62. The fraction of sp³-hybridized carbons (Fsp3) is 0.333. The molecule has 0 spiro atoms. The molecule has 1 aromatic heterocycles. The van der Waals surface area contributed by atoms with Crippen molar-refractivity contribution in [3.05, 3.63) is 38.5 Å². The third kappa shape index (κ3) is 2.75. The van der Waals surface area contributed by atoms with Crippen LogP contribution in [-0.2, 0) is 0 Å². The Morgan fingerprint density at radius 1 is 1.29 bits per heavy atom. The molecule has 0 saturated carbocycles. The van der Waals surface area contributed by atoms with Crippen LogP contribution >= 0.6 is 27.3 Å². The number of hydrogen-bond acceptors (Lipinski definition) is 5. The third-order valence-electron chi connectivity index (χ3n) is 3.40. The zero-order chi connectivity index (χ0) is 14.8. The molecule has 0 saturated heterocycles. The molecule has 4 nitrogen and oxygen atoms in total. The Kier molecular flexibility index (Phi) is 4.37. The molecule has 0 aliphatic carbocycles.